The lowest BCUT2D eigenvalue weighted by Crippen LogP contribution is -2.60. The zero-order valence-corrected chi connectivity index (χ0v) is 24.1. The first-order valence-corrected chi connectivity index (χ1v) is 13.5. The van der Waals surface area contributed by atoms with Crippen molar-refractivity contribution in [3.8, 4) is 5.69 Å². The average molecular weight is 609 g/mol. The van der Waals surface area contributed by atoms with E-state index in [-0.39, 0.29) is 30.4 Å². The predicted octanol–water partition coefficient (Wildman–Crippen LogP) is 1.79. The molecule has 0 saturated carbocycles. The van der Waals surface area contributed by atoms with Crippen molar-refractivity contribution < 1.29 is 14.4 Å². The number of halogens is 2. The number of piperazine rings is 1. The van der Waals surface area contributed by atoms with E-state index in [2.05, 4.69) is 26.0 Å². The Balaban J connectivity index is 1.43. The maximum Gasteiger partial charge on any atom is 0.247 e. The van der Waals surface area contributed by atoms with Crippen LogP contribution in [0.1, 0.15) is 5.56 Å². The Morgan fingerprint density at radius 2 is 1.95 bits per heavy atom. The minimum absolute atomic E-state index is 0.130. The Labute approximate surface area is 250 Å². The van der Waals surface area contributed by atoms with Gasteiger partial charge in [0.2, 0.25) is 17.7 Å². The van der Waals surface area contributed by atoms with Gasteiger partial charge in [-0.25, -0.2) is 4.68 Å². The van der Waals surface area contributed by atoms with Crippen LogP contribution in [0.15, 0.2) is 72.5 Å². The smallest absolute Gasteiger partial charge is 0.247 e. The summed E-state index contributed by atoms with van der Waals surface area (Å²) < 4.78 is 2.98. The molecular weight excluding hydrogens is 583 g/mol. The van der Waals surface area contributed by atoms with Gasteiger partial charge in [0.1, 0.15) is 19.1 Å². The van der Waals surface area contributed by atoms with Crippen LogP contribution in [-0.4, -0.2) is 79.3 Å². The molecule has 1 saturated heterocycles. The summed E-state index contributed by atoms with van der Waals surface area (Å²) in [5.41, 5.74) is 2.81. The number of aromatic nitrogens is 5. The van der Waals surface area contributed by atoms with Crippen molar-refractivity contribution in [1.29, 1.82) is 5.41 Å². The summed E-state index contributed by atoms with van der Waals surface area (Å²) >= 11 is 12.2. The van der Waals surface area contributed by atoms with Gasteiger partial charge in [0.05, 0.1) is 29.5 Å². The normalized spacial score (nSPS) is 17.1. The van der Waals surface area contributed by atoms with E-state index in [0.717, 1.165) is 0 Å². The second-order valence-corrected chi connectivity index (χ2v) is 10.4. The topological polar surface area (TPSA) is 154 Å². The van der Waals surface area contributed by atoms with E-state index in [9.17, 15) is 14.4 Å². The Morgan fingerprint density at radius 3 is 2.64 bits per heavy atom. The van der Waals surface area contributed by atoms with Gasteiger partial charge in [-0.1, -0.05) is 28.4 Å². The van der Waals surface area contributed by atoms with Crippen molar-refractivity contribution in [3.05, 3.63) is 88.2 Å². The Bertz CT molecular complexity index is 1670. The number of carbonyl (C=O) groups is 3. The molecule has 42 heavy (non-hydrogen) atoms. The minimum Gasteiger partial charge on any atom is -0.393 e. The molecule has 0 spiro atoms. The monoisotopic (exact) mass is 608 g/mol. The summed E-state index contributed by atoms with van der Waals surface area (Å²) in [5, 5.41) is 26.2. The molecule has 1 fully saturated rings. The van der Waals surface area contributed by atoms with Crippen LogP contribution in [0.4, 0.5) is 5.69 Å². The van der Waals surface area contributed by atoms with E-state index < -0.39 is 23.8 Å². The molecule has 2 aliphatic rings. The van der Waals surface area contributed by atoms with Crippen LogP contribution < -0.4 is 15.5 Å². The molecule has 3 N–H and O–H groups in total. The van der Waals surface area contributed by atoms with E-state index in [1.807, 2.05) is 0 Å². The molecule has 3 amide bonds. The molecule has 2 aromatic heterocycles. The average Bonchev–Trinajstić information content (AvgIpc) is 3.57. The Kier molecular flexibility index (Phi) is 8.22. The van der Waals surface area contributed by atoms with Gasteiger partial charge in [-0.05, 0) is 42.0 Å². The zero-order valence-electron chi connectivity index (χ0n) is 22.6. The van der Waals surface area contributed by atoms with Crippen molar-refractivity contribution >= 4 is 52.3 Å². The van der Waals surface area contributed by atoms with Gasteiger partial charge in [-0.15, -0.1) is 5.10 Å². The fourth-order valence-corrected chi connectivity index (χ4v) is 4.98. The van der Waals surface area contributed by atoms with Crippen LogP contribution in [0.3, 0.4) is 0 Å². The molecule has 1 aliphatic heterocycles. The molecule has 0 radical (unpaired) electrons. The second kappa shape index (κ2) is 12.0. The number of benzene rings is 1. The van der Waals surface area contributed by atoms with Crippen LogP contribution in [0.2, 0.25) is 10.2 Å². The van der Waals surface area contributed by atoms with Gasteiger partial charge in [0.15, 0.2) is 5.15 Å². The van der Waals surface area contributed by atoms with Gasteiger partial charge >= 0.3 is 0 Å². The highest BCUT2D eigenvalue weighted by molar-refractivity contribution is 6.31. The molecule has 13 nitrogen and oxygen atoms in total. The van der Waals surface area contributed by atoms with Gasteiger partial charge in [0.25, 0.3) is 0 Å². The highest BCUT2D eigenvalue weighted by Gasteiger charge is 2.39. The number of nitrogens with zero attached hydrogens (tertiary/aromatic N) is 7. The molecule has 216 valence electrons. The van der Waals surface area contributed by atoms with Gasteiger partial charge < -0.3 is 20.9 Å². The third-order valence-electron chi connectivity index (χ3n) is 6.65. The van der Waals surface area contributed by atoms with E-state index in [1.165, 1.54) is 20.7 Å². The van der Waals surface area contributed by atoms with Crippen LogP contribution in [0.25, 0.3) is 5.69 Å². The number of hydrogen-bond acceptors (Lipinski definition) is 8. The molecule has 15 heteroatoms. The summed E-state index contributed by atoms with van der Waals surface area (Å²) in [7, 11) is 3.46. The van der Waals surface area contributed by atoms with E-state index in [1.54, 1.807) is 73.8 Å². The fourth-order valence-electron chi connectivity index (χ4n) is 4.69. The van der Waals surface area contributed by atoms with Crippen LogP contribution >= 0.6 is 23.2 Å². The Morgan fingerprint density at radius 1 is 1.14 bits per heavy atom. The maximum absolute atomic E-state index is 13.7. The highest BCUT2D eigenvalue weighted by Crippen LogP contribution is 2.30. The number of aryl methyl sites for hydroxylation is 1. The Hall–Kier alpha value is -4.75. The molecule has 3 aromatic rings. The molecule has 5 rings (SSSR count). The van der Waals surface area contributed by atoms with E-state index >= 15 is 0 Å². The van der Waals surface area contributed by atoms with Crippen molar-refractivity contribution in [2.45, 2.75) is 12.5 Å². The van der Waals surface area contributed by atoms with Crippen molar-refractivity contribution in [2.75, 3.05) is 25.0 Å². The lowest BCUT2D eigenvalue weighted by atomic mass is 10.0. The summed E-state index contributed by atoms with van der Waals surface area (Å²) in [6.07, 6.45) is 11.4. The summed E-state index contributed by atoms with van der Waals surface area (Å²) in [4.78, 5) is 43.5. The first-order valence-electron chi connectivity index (χ1n) is 12.7. The van der Waals surface area contributed by atoms with Crippen molar-refractivity contribution in [3.63, 3.8) is 0 Å². The quantitative estimate of drug-likeness (QED) is 0.352. The minimum atomic E-state index is -1.02. The third kappa shape index (κ3) is 6.11. The standard InChI is InChI=1S/C27H26Cl2N10O3/c1-31-11-17-8-19(4-5-20(17)30)33-27(42)23(7-16-10-32-36(2)12-16)38-15-25(40)37(14-26(38)41)22-9-18(28)3-6-21(22)39-13-24(29)34-35-39/h3-6,8-13,23,30-31H,7,14-15H2,1-2H3,(H,33,42)/b17-11-,30-20?. The lowest BCUT2D eigenvalue weighted by Gasteiger charge is -2.38. The van der Waals surface area contributed by atoms with Crippen LogP contribution in [0, 0.1) is 5.41 Å². The number of amides is 3. The van der Waals surface area contributed by atoms with Crippen LogP contribution in [0.5, 0.6) is 0 Å². The third-order valence-corrected chi connectivity index (χ3v) is 7.05. The predicted molar refractivity (Wildman–Crippen MR) is 156 cm³/mol. The first-order chi connectivity index (χ1) is 20.1. The molecular formula is C27H26Cl2N10O3. The molecule has 1 atom stereocenters. The largest absolute Gasteiger partial charge is 0.393 e. The number of rotatable bonds is 8. The van der Waals surface area contributed by atoms with Gasteiger partial charge in [-0.3, -0.25) is 24.0 Å². The summed E-state index contributed by atoms with van der Waals surface area (Å²) in [6, 6.07) is 3.81. The summed E-state index contributed by atoms with van der Waals surface area (Å²) in [6.45, 7) is -0.689. The number of nitrogens with one attached hydrogen (secondary N) is 3. The number of allylic oxidation sites excluding steroid dienone is 4. The van der Waals surface area contributed by atoms with Crippen molar-refractivity contribution in [2.24, 2.45) is 7.05 Å². The number of hydrogen-bond donors (Lipinski definition) is 3. The maximum atomic E-state index is 13.7. The molecule has 3 heterocycles. The van der Waals surface area contributed by atoms with Gasteiger partial charge in [-0.2, -0.15) is 5.10 Å². The first kappa shape index (κ1) is 28.8. The van der Waals surface area contributed by atoms with E-state index in [0.29, 0.717) is 33.2 Å². The molecule has 1 aliphatic carbocycles. The number of anilines is 1. The van der Waals surface area contributed by atoms with Crippen LogP contribution in [-0.2, 0) is 27.9 Å². The second-order valence-electron chi connectivity index (χ2n) is 9.59. The van der Waals surface area contributed by atoms with Crippen molar-refractivity contribution in [1.82, 2.24) is 40.3 Å². The SMILES string of the molecule is CN/C=C1/C=C(NC(=O)C(Cc2cnn(C)c2)N2CC(=O)N(c3cc(Cl)ccc3-n3cc(Cl)nn3)CC2=O)C=CC1=N. The fraction of sp³-hybridized carbons (Fsp3) is 0.222. The highest BCUT2D eigenvalue weighted by atomic mass is 35.5. The van der Waals surface area contributed by atoms with Gasteiger partial charge in [0, 0.05) is 49.2 Å². The lowest BCUT2D eigenvalue weighted by molar-refractivity contribution is -0.145. The summed E-state index contributed by atoms with van der Waals surface area (Å²) in [5.74, 6) is -1.34. The van der Waals surface area contributed by atoms with E-state index in [4.69, 9.17) is 28.6 Å². The molecule has 0 bridgehead atoms. The zero-order chi connectivity index (χ0) is 30.0. The molecule has 1 aromatic carbocycles. The number of carbonyl (C=O) groups excluding carboxylic acids is 3. The molecule has 1 unspecified atom stereocenters.